The van der Waals surface area contributed by atoms with Crippen LogP contribution in [0.1, 0.15) is 96.8 Å². The number of rotatable bonds is 20. The van der Waals surface area contributed by atoms with Crippen molar-refractivity contribution in [2.75, 3.05) is 5.75 Å². The average molecular weight is 417 g/mol. The lowest BCUT2D eigenvalue weighted by Gasteiger charge is -2.19. The third-order valence-corrected chi connectivity index (χ3v) is 5.99. The zero-order chi connectivity index (χ0) is 21.0. The van der Waals surface area contributed by atoms with Crippen LogP contribution in [0, 0.1) is 0 Å². The van der Waals surface area contributed by atoms with Gasteiger partial charge in [-0.3, -0.25) is 9.59 Å². The van der Waals surface area contributed by atoms with Gasteiger partial charge < -0.3 is 15.3 Å². The average Bonchev–Trinajstić information content (AvgIpc) is 2.64. The zero-order valence-electron chi connectivity index (χ0n) is 17.5. The number of aliphatic carboxylic acids is 2. The molecule has 2 atom stereocenters. The number of carboxylic acids is 2. The Kier molecular flexibility index (Phi) is 18.6. The number of aliphatic hydroxyl groups is 1. The quantitative estimate of drug-likeness (QED) is 0.175. The van der Waals surface area contributed by atoms with Gasteiger partial charge in [-0.2, -0.15) is 11.8 Å². The Bertz CT molecular complexity index is 425. The fraction of sp³-hybridized carbons (Fsp3) is 0.818. The molecule has 0 aromatic carbocycles. The summed E-state index contributed by atoms with van der Waals surface area (Å²) in [6.07, 6.45) is 16.9. The number of unbranched alkanes of at least 4 members (excludes halogenated alkanes) is 9. The van der Waals surface area contributed by atoms with Crippen molar-refractivity contribution >= 4 is 23.7 Å². The molecule has 0 spiro atoms. The highest BCUT2D eigenvalue weighted by atomic mass is 32.2. The molecule has 0 aromatic heterocycles. The number of hydrogen-bond donors (Lipinski definition) is 3. The second kappa shape index (κ2) is 19.3. The van der Waals surface area contributed by atoms with Crippen molar-refractivity contribution in [3.63, 3.8) is 0 Å². The van der Waals surface area contributed by atoms with Gasteiger partial charge in [0, 0.05) is 17.4 Å². The smallest absolute Gasteiger partial charge is 0.304 e. The zero-order valence-corrected chi connectivity index (χ0v) is 18.3. The maximum atomic E-state index is 10.7. The Morgan fingerprint density at radius 1 is 0.857 bits per heavy atom. The molecule has 0 saturated heterocycles. The van der Waals surface area contributed by atoms with E-state index in [1.54, 1.807) is 0 Å². The first-order valence-corrected chi connectivity index (χ1v) is 11.9. The summed E-state index contributed by atoms with van der Waals surface area (Å²) in [6, 6.07) is 0. The molecule has 0 unspecified atom stereocenters. The molecule has 0 amide bonds. The van der Waals surface area contributed by atoms with E-state index in [0.717, 1.165) is 12.8 Å². The van der Waals surface area contributed by atoms with Crippen LogP contribution in [0.2, 0.25) is 0 Å². The first kappa shape index (κ1) is 27.0. The van der Waals surface area contributed by atoms with Gasteiger partial charge >= 0.3 is 11.9 Å². The van der Waals surface area contributed by atoms with Crippen molar-refractivity contribution in [1.29, 1.82) is 0 Å². The highest BCUT2D eigenvalue weighted by Crippen LogP contribution is 2.22. The van der Waals surface area contributed by atoms with Crippen molar-refractivity contribution in [3.05, 3.63) is 12.2 Å². The Morgan fingerprint density at radius 2 is 1.43 bits per heavy atom. The van der Waals surface area contributed by atoms with E-state index in [-0.39, 0.29) is 18.1 Å². The molecule has 0 fully saturated rings. The van der Waals surface area contributed by atoms with Crippen molar-refractivity contribution in [1.82, 2.24) is 0 Å². The van der Waals surface area contributed by atoms with Gasteiger partial charge in [0.2, 0.25) is 0 Å². The molecular weight excluding hydrogens is 376 g/mol. The fourth-order valence-electron chi connectivity index (χ4n) is 3.01. The lowest BCUT2D eigenvalue weighted by molar-refractivity contribution is -0.137. The lowest BCUT2D eigenvalue weighted by Crippen LogP contribution is -2.22. The van der Waals surface area contributed by atoms with Crippen LogP contribution in [0.3, 0.4) is 0 Å². The van der Waals surface area contributed by atoms with E-state index >= 15 is 0 Å². The number of hydrogen-bond acceptors (Lipinski definition) is 4. The number of carboxylic acid groups (broad SMARTS) is 2. The highest BCUT2D eigenvalue weighted by Gasteiger charge is 2.17. The number of carbonyl (C=O) groups is 2. The number of thioether (sulfide) groups is 1. The van der Waals surface area contributed by atoms with E-state index in [2.05, 4.69) is 13.0 Å². The van der Waals surface area contributed by atoms with Gasteiger partial charge in [-0.15, -0.1) is 0 Å². The second-order valence-corrected chi connectivity index (χ2v) is 8.66. The van der Waals surface area contributed by atoms with Gasteiger partial charge in [0.05, 0.1) is 12.5 Å². The minimum atomic E-state index is -0.858. The predicted octanol–water partition coefficient (Wildman–Crippen LogP) is 5.66. The van der Waals surface area contributed by atoms with Gasteiger partial charge in [0.1, 0.15) is 0 Å². The third-order valence-electron chi connectivity index (χ3n) is 4.70. The summed E-state index contributed by atoms with van der Waals surface area (Å²) in [5.41, 5.74) is 0. The summed E-state index contributed by atoms with van der Waals surface area (Å²) in [5, 5.41) is 27.7. The van der Waals surface area contributed by atoms with Crippen LogP contribution in [0.15, 0.2) is 12.2 Å². The molecule has 3 N–H and O–H groups in total. The minimum Gasteiger partial charge on any atom is -0.481 e. The Hall–Kier alpha value is -1.01. The highest BCUT2D eigenvalue weighted by molar-refractivity contribution is 8.00. The van der Waals surface area contributed by atoms with Crippen LogP contribution in [0.25, 0.3) is 0 Å². The van der Waals surface area contributed by atoms with Crippen LogP contribution >= 0.6 is 11.8 Å². The minimum absolute atomic E-state index is 0.0474. The maximum Gasteiger partial charge on any atom is 0.304 e. The molecule has 164 valence electrons. The number of aliphatic hydroxyl groups excluding tert-OH is 1. The lowest BCUT2D eigenvalue weighted by atomic mass is 10.1. The van der Waals surface area contributed by atoms with E-state index in [1.807, 2.05) is 6.08 Å². The first-order chi connectivity index (χ1) is 13.5. The summed E-state index contributed by atoms with van der Waals surface area (Å²) in [4.78, 5) is 21.3. The molecular formula is C22H40O5S. The predicted molar refractivity (Wildman–Crippen MR) is 117 cm³/mol. The number of allylic oxidation sites excluding steroid dienone is 1. The first-order valence-electron chi connectivity index (χ1n) is 10.9. The summed E-state index contributed by atoms with van der Waals surface area (Å²) >= 11 is 1.43. The SMILES string of the molecule is CCCCCCCCCCC/C=C\[C@@H](SCCC(=O)O)[C@@H](O)CCCC(=O)O. The van der Waals surface area contributed by atoms with Crippen LogP contribution in [0.5, 0.6) is 0 Å². The molecule has 0 saturated carbocycles. The second-order valence-electron chi connectivity index (χ2n) is 7.38. The molecule has 5 nitrogen and oxygen atoms in total. The largest absolute Gasteiger partial charge is 0.481 e. The van der Waals surface area contributed by atoms with E-state index in [4.69, 9.17) is 10.2 Å². The normalized spacial score (nSPS) is 13.6. The topological polar surface area (TPSA) is 94.8 Å². The van der Waals surface area contributed by atoms with E-state index < -0.39 is 18.0 Å². The van der Waals surface area contributed by atoms with Crippen LogP contribution in [0.4, 0.5) is 0 Å². The van der Waals surface area contributed by atoms with Gasteiger partial charge in [0.25, 0.3) is 0 Å². The molecule has 28 heavy (non-hydrogen) atoms. The van der Waals surface area contributed by atoms with E-state index in [0.29, 0.717) is 18.6 Å². The summed E-state index contributed by atoms with van der Waals surface area (Å²) in [5.74, 6) is -1.26. The van der Waals surface area contributed by atoms with Crippen LogP contribution in [-0.4, -0.2) is 44.4 Å². The Balaban J connectivity index is 4.05. The Morgan fingerprint density at radius 3 is 2.00 bits per heavy atom. The van der Waals surface area contributed by atoms with Crippen molar-refractivity contribution in [2.24, 2.45) is 0 Å². The van der Waals surface area contributed by atoms with Crippen molar-refractivity contribution in [2.45, 2.75) is 108 Å². The van der Waals surface area contributed by atoms with Crippen LogP contribution in [-0.2, 0) is 9.59 Å². The molecule has 0 rings (SSSR count). The standard InChI is InChI=1S/C22H40O5S/c1-2-3-4-5-6-7-8-9-10-11-12-15-20(28-18-17-22(26)27)19(23)14-13-16-21(24)25/h12,15,19-20,23H,2-11,13-14,16-18H2,1H3,(H,24,25)(H,26,27)/b15-12-/t19-,20+/m0/s1. The molecule has 0 aliphatic rings. The molecule has 0 heterocycles. The summed E-state index contributed by atoms with van der Waals surface area (Å²) in [7, 11) is 0. The monoisotopic (exact) mass is 416 g/mol. The molecule has 0 aliphatic carbocycles. The third kappa shape index (κ3) is 18.4. The molecule has 0 radical (unpaired) electrons. The maximum absolute atomic E-state index is 10.7. The fourth-order valence-corrected chi connectivity index (χ4v) is 4.15. The van der Waals surface area contributed by atoms with E-state index in [9.17, 15) is 14.7 Å². The molecule has 6 heteroatoms. The summed E-state index contributed by atoms with van der Waals surface area (Å²) in [6.45, 7) is 2.23. The molecule has 0 aromatic rings. The van der Waals surface area contributed by atoms with Gasteiger partial charge in [-0.05, 0) is 25.7 Å². The molecule has 0 bridgehead atoms. The van der Waals surface area contributed by atoms with Gasteiger partial charge in [-0.25, -0.2) is 0 Å². The van der Waals surface area contributed by atoms with Crippen molar-refractivity contribution in [3.8, 4) is 0 Å². The summed E-state index contributed by atoms with van der Waals surface area (Å²) < 4.78 is 0. The van der Waals surface area contributed by atoms with Gasteiger partial charge in [-0.1, -0.05) is 70.4 Å². The van der Waals surface area contributed by atoms with E-state index in [1.165, 1.54) is 63.1 Å². The Labute approximate surface area is 175 Å². The van der Waals surface area contributed by atoms with Crippen molar-refractivity contribution < 1.29 is 24.9 Å². The molecule has 0 aliphatic heterocycles. The van der Waals surface area contributed by atoms with Gasteiger partial charge in [0.15, 0.2) is 0 Å². The van der Waals surface area contributed by atoms with Crippen LogP contribution < -0.4 is 0 Å².